The van der Waals surface area contributed by atoms with Crippen molar-refractivity contribution < 1.29 is 0 Å². The van der Waals surface area contributed by atoms with E-state index in [0.717, 1.165) is 5.69 Å². The molecular formula is C12H14N6. The van der Waals surface area contributed by atoms with Crippen molar-refractivity contribution in [3.05, 3.63) is 36.3 Å². The second kappa shape index (κ2) is 4.95. The lowest BCUT2D eigenvalue weighted by molar-refractivity contribution is 0.930. The van der Waals surface area contributed by atoms with Crippen LogP contribution in [0.5, 0.6) is 0 Å². The Kier molecular flexibility index (Phi) is 2.99. The van der Waals surface area contributed by atoms with Gasteiger partial charge >= 0.3 is 0 Å². The van der Waals surface area contributed by atoms with Crippen LogP contribution in [-0.4, -0.2) is 26.2 Å². The summed E-state index contributed by atoms with van der Waals surface area (Å²) in [5.41, 5.74) is 0.966. The number of rotatable bonds is 5. The van der Waals surface area contributed by atoms with Gasteiger partial charge in [-0.05, 0) is 25.0 Å². The number of aromatic nitrogens is 4. The molecule has 0 bridgehead atoms. The first-order valence-corrected chi connectivity index (χ1v) is 6.00. The molecule has 92 valence electrons. The lowest BCUT2D eigenvalue weighted by Gasteiger charge is -2.06. The zero-order valence-electron chi connectivity index (χ0n) is 9.87. The van der Waals surface area contributed by atoms with Crippen LogP contribution < -0.4 is 10.6 Å². The molecule has 1 saturated carbocycles. The lowest BCUT2D eigenvalue weighted by Crippen LogP contribution is -2.09. The summed E-state index contributed by atoms with van der Waals surface area (Å²) in [5.74, 6) is 1.29. The van der Waals surface area contributed by atoms with Gasteiger partial charge in [0.1, 0.15) is 0 Å². The van der Waals surface area contributed by atoms with Crippen LogP contribution in [0.25, 0.3) is 0 Å². The minimum Gasteiger partial charge on any atom is -0.363 e. The van der Waals surface area contributed by atoms with E-state index in [1.165, 1.54) is 12.8 Å². The number of nitrogens with one attached hydrogen (secondary N) is 2. The van der Waals surface area contributed by atoms with E-state index in [1.807, 2.05) is 18.2 Å². The van der Waals surface area contributed by atoms with E-state index in [2.05, 4.69) is 30.8 Å². The van der Waals surface area contributed by atoms with E-state index in [4.69, 9.17) is 0 Å². The Morgan fingerprint density at radius 2 is 2.22 bits per heavy atom. The van der Waals surface area contributed by atoms with E-state index in [-0.39, 0.29) is 0 Å². The highest BCUT2D eigenvalue weighted by Gasteiger charge is 2.22. The molecule has 2 heterocycles. The highest BCUT2D eigenvalue weighted by atomic mass is 15.3. The number of hydrogen-bond donors (Lipinski definition) is 2. The first kappa shape index (κ1) is 10.9. The summed E-state index contributed by atoms with van der Waals surface area (Å²) >= 11 is 0. The van der Waals surface area contributed by atoms with Gasteiger partial charge in [-0.2, -0.15) is 10.1 Å². The maximum Gasteiger partial charge on any atom is 0.244 e. The molecule has 0 atom stereocenters. The van der Waals surface area contributed by atoms with Crippen molar-refractivity contribution in [3.63, 3.8) is 0 Å². The standard InChI is InChI=1S/C12H14N6/c1-2-6-13-10(3-1)7-14-11-8-15-18-12(17-11)16-9-4-5-9/h1-3,6,8-9H,4-5,7H2,(H2,14,16,17,18). The summed E-state index contributed by atoms with van der Waals surface area (Å²) in [5, 5.41) is 14.3. The van der Waals surface area contributed by atoms with Crippen molar-refractivity contribution in [2.24, 2.45) is 0 Å². The summed E-state index contributed by atoms with van der Waals surface area (Å²) in [6.07, 6.45) is 5.76. The molecule has 2 aromatic heterocycles. The molecule has 0 aromatic carbocycles. The van der Waals surface area contributed by atoms with E-state index in [9.17, 15) is 0 Å². The van der Waals surface area contributed by atoms with Gasteiger partial charge in [0, 0.05) is 12.2 Å². The first-order valence-electron chi connectivity index (χ1n) is 6.00. The monoisotopic (exact) mass is 242 g/mol. The van der Waals surface area contributed by atoms with Crippen LogP contribution in [-0.2, 0) is 6.54 Å². The molecule has 2 N–H and O–H groups in total. The fourth-order valence-corrected chi connectivity index (χ4v) is 1.54. The normalized spacial score (nSPS) is 14.2. The summed E-state index contributed by atoms with van der Waals surface area (Å²) in [6.45, 7) is 0.627. The van der Waals surface area contributed by atoms with Gasteiger partial charge in [0.15, 0.2) is 5.82 Å². The van der Waals surface area contributed by atoms with E-state index < -0.39 is 0 Å². The molecule has 0 spiro atoms. The average Bonchev–Trinajstić information content (AvgIpc) is 3.22. The maximum atomic E-state index is 4.34. The van der Waals surface area contributed by atoms with Crippen molar-refractivity contribution in [1.29, 1.82) is 0 Å². The molecule has 0 unspecified atom stereocenters. The van der Waals surface area contributed by atoms with Crippen LogP contribution in [0.15, 0.2) is 30.6 Å². The molecule has 18 heavy (non-hydrogen) atoms. The molecule has 6 nitrogen and oxygen atoms in total. The third-order valence-electron chi connectivity index (χ3n) is 2.65. The number of hydrogen-bond acceptors (Lipinski definition) is 6. The van der Waals surface area contributed by atoms with Crippen LogP contribution in [0.4, 0.5) is 11.8 Å². The van der Waals surface area contributed by atoms with Gasteiger partial charge in [-0.25, -0.2) is 0 Å². The fraction of sp³-hybridized carbons (Fsp3) is 0.333. The summed E-state index contributed by atoms with van der Waals surface area (Å²) in [6, 6.07) is 6.35. The Balaban J connectivity index is 1.61. The van der Waals surface area contributed by atoms with Crippen LogP contribution in [0, 0.1) is 0 Å². The minimum atomic E-state index is 0.526. The van der Waals surface area contributed by atoms with Crippen LogP contribution in [0.3, 0.4) is 0 Å². The number of anilines is 2. The Hall–Kier alpha value is -2.24. The van der Waals surface area contributed by atoms with Gasteiger partial charge in [0.05, 0.1) is 18.4 Å². The van der Waals surface area contributed by atoms with E-state index in [1.54, 1.807) is 12.4 Å². The van der Waals surface area contributed by atoms with Gasteiger partial charge in [0.25, 0.3) is 0 Å². The van der Waals surface area contributed by atoms with Crippen LogP contribution in [0.2, 0.25) is 0 Å². The first-order chi connectivity index (χ1) is 8.90. The molecule has 1 fully saturated rings. The topological polar surface area (TPSA) is 75.6 Å². The molecule has 1 aliphatic carbocycles. The van der Waals surface area contributed by atoms with Crippen molar-refractivity contribution in [3.8, 4) is 0 Å². The van der Waals surface area contributed by atoms with Gasteiger partial charge in [-0.3, -0.25) is 4.98 Å². The molecule has 1 aliphatic rings. The molecule has 0 aliphatic heterocycles. The van der Waals surface area contributed by atoms with Crippen molar-refractivity contribution in [1.82, 2.24) is 20.2 Å². The Labute approximate surface area is 105 Å². The van der Waals surface area contributed by atoms with E-state index in [0.29, 0.717) is 24.4 Å². The third-order valence-corrected chi connectivity index (χ3v) is 2.65. The predicted molar refractivity (Wildman–Crippen MR) is 68.0 cm³/mol. The van der Waals surface area contributed by atoms with Gasteiger partial charge in [0.2, 0.25) is 5.95 Å². The van der Waals surface area contributed by atoms with E-state index >= 15 is 0 Å². The second-order valence-electron chi connectivity index (χ2n) is 4.26. The molecular weight excluding hydrogens is 228 g/mol. The highest BCUT2D eigenvalue weighted by Crippen LogP contribution is 2.22. The summed E-state index contributed by atoms with van der Waals surface area (Å²) in [7, 11) is 0. The van der Waals surface area contributed by atoms with Gasteiger partial charge < -0.3 is 10.6 Å². The molecule has 0 amide bonds. The van der Waals surface area contributed by atoms with Crippen molar-refractivity contribution in [2.45, 2.75) is 25.4 Å². The number of nitrogens with zero attached hydrogens (tertiary/aromatic N) is 4. The second-order valence-corrected chi connectivity index (χ2v) is 4.26. The molecule has 3 rings (SSSR count). The Bertz CT molecular complexity index is 511. The third kappa shape index (κ3) is 2.91. The van der Waals surface area contributed by atoms with Crippen molar-refractivity contribution >= 4 is 11.8 Å². The molecule has 0 radical (unpaired) electrons. The zero-order chi connectivity index (χ0) is 12.2. The average molecular weight is 242 g/mol. The largest absolute Gasteiger partial charge is 0.363 e. The molecule has 0 saturated heterocycles. The smallest absolute Gasteiger partial charge is 0.244 e. The maximum absolute atomic E-state index is 4.34. The van der Waals surface area contributed by atoms with Crippen LogP contribution >= 0.6 is 0 Å². The SMILES string of the molecule is c1ccc(CNc2cnnc(NC3CC3)n2)nc1. The summed E-state index contributed by atoms with van der Waals surface area (Å²) in [4.78, 5) is 8.58. The van der Waals surface area contributed by atoms with Gasteiger partial charge in [-0.1, -0.05) is 6.07 Å². The molecule has 6 heteroatoms. The number of pyridine rings is 1. The van der Waals surface area contributed by atoms with Crippen molar-refractivity contribution in [2.75, 3.05) is 10.6 Å². The predicted octanol–water partition coefficient (Wildman–Crippen LogP) is 1.45. The highest BCUT2D eigenvalue weighted by molar-refractivity contribution is 5.38. The molecule has 2 aromatic rings. The minimum absolute atomic E-state index is 0.526. The van der Waals surface area contributed by atoms with Gasteiger partial charge in [-0.15, -0.1) is 5.10 Å². The Morgan fingerprint density at radius 3 is 3.00 bits per heavy atom. The fourth-order valence-electron chi connectivity index (χ4n) is 1.54. The van der Waals surface area contributed by atoms with Crippen LogP contribution in [0.1, 0.15) is 18.5 Å². The summed E-state index contributed by atoms with van der Waals surface area (Å²) < 4.78 is 0. The Morgan fingerprint density at radius 1 is 1.28 bits per heavy atom. The lowest BCUT2D eigenvalue weighted by atomic mass is 10.3. The quantitative estimate of drug-likeness (QED) is 0.826. The zero-order valence-corrected chi connectivity index (χ0v) is 9.87.